The van der Waals surface area contributed by atoms with E-state index in [1.54, 1.807) is 11.3 Å². The van der Waals surface area contributed by atoms with Gasteiger partial charge in [0.15, 0.2) is 0 Å². The van der Waals surface area contributed by atoms with Crippen LogP contribution in [0.25, 0.3) is 10.6 Å². The minimum Gasteiger partial charge on any atom is -0.494 e. The molecule has 27 heavy (non-hydrogen) atoms. The fourth-order valence-corrected chi connectivity index (χ4v) is 3.93. The van der Waals surface area contributed by atoms with Gasteiger partial charge in [-0.3, -0.25) is 4.79 Å². The maximum absolute atomic E-state index is 12.5. The summed E-state index contributed by atoms with van der Waals surface area (Å²) in [6.45, 7) is 8.70. The van der Waals surface area contributed by atoms with Gasteiger partial charge in [-0.05, 0) is 63.1 Å². The third-order valence-electron chi connectivity index (χ3n) is 4.25. The Morgan fingerprint density at radius 1 is 1.11 bits per heavy atom. The van der Waals surface area contributed by atoms with Gasteiger partial charge in [-0.2, -0.15) is 0 Å². The topological polar surface area (TPSA) is 51.2 Å². The summed E-state index contributed by atoms with van der Waals surface area (Å²) in [6, 6.07) is 12.0. The van der Waals surface area contributed by atoms with Gasteiger partial charge in [0.1, 0.15) is 10.8 Å². The summed E-state index contributed by atoms with van der Waals surface area (Å²) in [4.78, 5) is 17.1. The number of rotatable bonds is 6. The fourth-order valence-electron chi connectivity index (χ4n) is 3.11. The molecule has 3 rings (SSSR count). The summed E-state index contributed by atoms with van der Waals surface area (Å²) in [7, 11) is 0. The SMILES string of the molecule is CCOc1ccc(-c2nc(CC(=O)Nc3c(C)cc(C)cc3C)cs2)cc1. The number of thiazole rings is 1. The summed E-state index contributed by atoms with van der Waals surface area (Å²) in [5.74, 6) is 0.801. The maximum atomic E-state index is 12.5. The van der Waals surface area contributed by atoms with Gasteiger partial charge in [0.2, 0.25) is 5.91 Å². The standard InChI is InChI=1S/C22H24N2O2S/c1-5-26-19-8-6-17(7-9-19)22-23-18(13-27-22)12-20(25)24-21-15(3)10-14(2)11-16(21)4/h6-11,13H,5,12H2,1-4H3,(H,24,25). The van der Waals surface area contributed by atoms with Crippen LogP contribution >= 0.6 is 11.3 Å². The number of nitrogens with one attached hydrogen (secondary N) is 1. The molecular weight excluding hydrogens is 356 g/mol. The van der Waals surface area contributed by atoms with Gasteiger partial charge in [-0.1, -0.05) is 17.7 Å². The Morgan fingerprint density at radius 3 is 2.41 bits per heavy atom. The number of nitrogens with zero attached hydrogens (tertiary/aromatic N) is 1. The summed E-state index contributed by atoms with van der Waals surface area (Å²) in [6.07, 6.45) is 0.264. The second-order valence-corrected chi connectivity index (χ2v) is 7.46. The first-order chi connectivity index (χ1) is 13.0. The lowest BCUT2D eigenvalue weighted by Crippen LogP contribution is -2.16. The van der Waals surface area contributed by atoms with E-state index in [2.05, 4.69) is 29.4 Å². The van der Waals surface area contributed by atoms with E-state index in [0.29, 0.717) is 6.61 Å². The maximum Gasteiger partial charge on any atom is 0.230 e. The van der Waals surface area contributed by atoms with Crippen LogP contribution in [0.15, 0.2) is 41.8 Å². The molecule has 0 radical (unpaired) electrons. The van der Waals surface area contributed by atoms with E-state index in [9.17, 15) is 4.79 Å². The van der Waals surface area contributed by atoms with Crippen LogP contribution in [0.3, 0.4) is 0 Å². The van der Waals surface area contributed by atoms with Crippen molar-refractivity contribution in [2.75, 3.05) is 11.9 Å². The van der Waals surface area contributed by atoms with Crippen molar-refractivity contribution in [2.45, 2.75) is 34.1 Å². The monoisotopic (exact) mass is 380 g/mol. The van der Waals surface area contributed by atoms with E-state index in [4.69, 9.17) is 4.74 Å². The van der Waals surface area contributed by atoms with Crippen LogP contribution in [0, 0.1) is 20.8 Å². The van der Waals surface area contributed by atoms with E-state index in [1.807, 2.05) is 50.4 Å². The molecule has 1 N–H and O–H groups in total. The lowest BCUT2D eigenvalue weighted by Gasteiger charge is -2.12. The molecule has 0 atom stereocenters. The van der Waals surface area contributed by atoms with Gasteiger partial charge < -0.3 is 10.1 Å². The first kappa shape index (κ1) is 19.1. The van der Waals surface area contributed by atoms with Gasteiger partial charge in [0, 0.05) is 16.6 Å². The van der Waals surface area contributed by atoms with E-state index < -0.39 is 0 Å². The Bertz CT molecular complexity index is 922. The van der Waals surface area contributed by atoms with Gasteiger partial charge in [-0.25, -0.2) is 4.98 Å². The van der Waals surface area contributed by atoms with Crippen LogP contribution < -0.4 is 10.1 Å². The Hall–Kier alpha value is -2.66. The highest BCUT2D eigenvalue weighted by Gasteiger charge is 2.12. The average Bonchev–Trinajstić information content (AvgIpc) is 3.07. The first-order valence-electron chi connectivity index (χ1n) is 9.01. The predicted molar refractivity (Wildman–Crippen MR) is 112 cm³/mol. The van der Waals surface area contributed by atoms with E-state index >= 15 is 0 Å². The number of aryl methyl sites for hydroxylation is 3. The van der Waals surface area contributed by atoms with Crippen LogP contribution in [-0.4, -0.2) is 17.5 Å². The number of carbonyl (C=O) groups is 1. The number of hydrogen-bond acceptors (Lipinski definition) is 4. The van der Waals surface area contributed by atoms with Crippen LogP contribution in [-0.2, 0) is 11.2 Å². The third-order valence-corrected chi connectivity index (χ3v) is 5.19. The Morgan fingerprint density at radius 2 is 1.78 bits per heavy atom. The summed E-state index contributed by atoms with van der Waals surface area (Å²) in [5, 5.41) is 5.88. The number of benzene rings is 2. The van der Waals surface area contributed by atoms with Crippen molar-refractivity contribution in [3.63, 3.8) is 0 Å². The van der Waals surface area contributed by atoms with E-state index in [-0.39, 0.29) is 12.3 Å². The van der Waals surface area contributed by atoms with Crippen molar-refractivity contribution in [1.29, 1.82) is 0 Å². The zero-order valence-corrected chi connectivity index (χ0v) is 16.9. The Kier molecular flexibility index (Phi) is 5.91. The van der Waals surface area contributed by atoms with Crippen molar-refractivity contribution >= 4 is 22.9 Å². The smallest absolute Gasteiger partial charge is 0.230 e. The molecule has 1 amide bonds. The quantitative estimate of drug-likeness (QED) is 0.630. The van der Waals surface area contributed by atoms with Crippen molar-refractivity contribution in [3.8, 4) is 16.3 Å². The predicted octanol–water partition coefficient (Wildman–Crippen LogP) is 5.32. The molecule has 5 heteroatoms. The van der Waals surface area contributed by atoms with Crippen molar-refractivity contribution in [2.24, 2.45) is 0 Å². The number of aromatic nitrogens is 1. The highest BCUT2D eigenvalue weighted by molar-refractivity contribution is 7.13. The molecule has 0 unspecified atom stereocenters. The summed E-state index contributed by atoms with van der Waals surface area (Å²) < 4.78 is 5.47. The summed E-state index contributed by atoms with van der Waals surface area (Å²) in [5.41, 5.74) is 6.06. The molecule has 0 saturated carbocycles. The molecule has 0 spiro atoms. The molecule has 3 aromatic rings. The van der Waals surface area contributed by atoms with Gasteiger partial charge >= 0.3 is 0 Å². The minimum atomic E-state index is -0.0476. The minimum absolute atomic E-state index is 0.0476. The molecule has 0 aliphatic rings. The number of anilines is 1. The van der Waals surface area contributed by atoms with Crippen molar-refractivity contribution < 1.29 is 9.53 Å². The van der Waals surface area contributed by atoms with Gasteiger partial charge in [0.05, 0.1) is 18.7 Å². The molecular formula is C22H24N2O2S. The van der Waals surface area contributed by atoms with Crippen LogP contribution in [0.5, 0.6) is 5.75 Å². The molecule has 4 nitrogen and oxygen atoms in total. The molecule has 1 heterocycles. The molecule has 0 aliphatic carbocycles. The lowest BCUT2D eigenvalue weighted by atomic mass is 10.0. The van der Waals surface area contributed by atoms with Gasteiger partial charge in [-0.15, -0.1) is 11.3 Å². The lowest BCUT2D eigenvalue weighted by molar-refractivity contribution is -0.115. The van der Waals surface area contributed by atoms with Gasteiger partial charge in [0.25, 0.3) is 0 Å². The van der Waals surface area contributed by atoms with Crippen molar-refractivity contribution in [1.82, 2.24) is 4.98 Å². The molecule has 140 valence electrons. The third kappa shape index (κ3) is 4.74. The van der Waals surface area contributed by atoms with E-state index in [0.717, 1.165) is 38.8 Å². The second-order valence-electron chi connectivity index (χ2n) is 6.60. The summed E-state index contributed by atoms with van der Waals surface area (Å²) >= 11 is 1.55. The average molecular weight is 381 g/mol. The molecule has 0 saturated heterocycles. The molecule has 0 bridgehead atoms. The highest BCUT2D eigenvalue weighted by atomic mass is 32.1. The van der Waals surface area contributed by atoms with Crippen LogP contribution in [0.1, 0.15) is 29.3 Å². The number of hydrogen-bond donors (Lipinski definition) is 1. The number of amides is 1. The first-order valence-corrected chi connectivity index (χ1v) is 9.89. The van der Waals surface area contributed by atoms with Crippen LogP contribution in [0.4, 0.5) is 5.69 Å². The zero-order valence-electron chi connectivity index (χ0n) is 16.1. The molecule has 0 fully saturated rings. The second kappa shape index (κ2) is 8.35. The molecule has 1 aromatic heterocycles. The van der Waals surface area contributed by atoms with Crippen molar-refractivity contribution in [3.05, 3.63) is 64.2 Å². The highest BCUT2D eigenvalue weighted by Crippen LogP contribution is 2.26. The Labute approximate surface area is 164 Å². The number of ether oxygens (including phenoxy) is 1. The molecule has 0 aliphatic heterocycles. The number of carbonyl (C=O) groups excluding carboxylic acids is 1. The Balaban J connectivity index is 1.68. The fraction of sp³-hybridized carbons (Fsp3) is 0.273. The largest absolute Gasteiger partial charge is 0.494 e. The van der Waals surface area contributed by atoms with Crippen LogP contribution in [0.2, 0.25) is 0 Å². The molecule has 2 aromatic carbocycles. The van der Waals surface area contributed by atoms with E-state index in [1.165, 1.54) is 5.56 Å². The zero-order chi connectivity index (χ0) is 19.4. The normalized spacial score (nSPS) is 10.7.